The number of aromatic nitrogens is 2. The highest BCUT2D eigenvalue weighted by Gasteiger charge is 2.21. The Labute approximate surface area is 119 Å². The van der Waals surface area contributed by atoms with Crippen LogP contribution in [0.5, 0.6) is 11.5 Å². The maximum Gasteiger partial charge on any atom is 0.271 e. The van der Waals surface area contributed by atoms with E-state index >= 15 is 0 Å². The molecular formula is C14H13N3O4. The summed E-state index contributed by atoms with van der Waals surface area (Å²) in [4.78, 5) is 28.9. The lowest BCUT2D eigenvalue weighted by Gasteiger charge is -2.26. The van der Waals surface area contributed by atoms with Gasteiger partial charge in [0.15, 0.2) is 11.5 Å². The minimum absolute atomic E-state index is 0.145. The van der Waals surface area contributed by atoms with Crippen molar-refractivity contribution in [2.24, 2.45) is 0 Å². The highest BCUT2D eigenvalue weighted by atomic mass is 16.6. The van der Waals surface area contributed by atoms with Crippen LogP contribution in [0.25, 0.3) is 0 Å². The quantitative estimate of drug-likeness (QED) is 0.849. The van der Waals surface area contributed by atoms with E-state index in [-0.39, 0.29) is 29.8 Å². The van der Waals surface area contributed by atoms with Crippen LogP contribution >= 0.6 is 0 Å². The fraction of sp³-hybridized carbons (Fsp3) is 0.214. The van der Waals surface area contributed by atoms with Crippen molar-refractivity contribution in [3.05, 3.63) is 52.7 Å². The molecule has 21 heavy (non-hydrogen) atoms. The molecule has 0 aliphatic carbocycles. The van der Waals surface area contributed by atoms with Gasteiger partial charge in [0.25, 0.3) is 11.5 Å². The lowest BCUT2D eigenvalue weighted by atomic mass is 10.2. The number of H-pyrrole nitrogens is 1. The van der Waals surface area contributed by atoms with Gasteiger partial charge in [0.1, 0.15) is 18.4 Å². The Kier molecular flexibility index (Phi) is 3.55. The van der Waals surface area contributed by atoms with Crippen molar-refractivity contribution in [3.8, 4) is 11.5 Å². The van der Waals surface area contributed by atoms with Crippen LogP contribution in [0.1, 0.15) is 10.5 Å². The van der Waals surface area contributed by atoms with E-state index in [1.807, 2.05) is 24.3 Å². The van der Waals surface area contributed by atoms with Crippen molar-refractivity contribution in [1.82, 2.24) is 15.3 Å². The Morgan fingerprint density at radius 1 is 1.38 bits per heavy atom. The van der Waals surface area contributed by atoms with E-state index in [0.717, 1.165) is 6.20 Å². The fourth-order valence-electron chi connectivity index (χ4n) is 1.93. The van der Waals surface area contributed by atoms with Crippen LogP contribution in [0.4, 0.5) is 0 Å². The van der Waals surface area contributed by atoms with Gasteiger partial charge in [-0.15, -0.1) is 0 Å². The first kappa shape index (κ1) is 13.2. The molecule has 7 nitrogen and oxygen atoms in total. The van der Waals surface area contributed by atoms with Gasteiger partial charge in [-0.25, -0.2) is 4.98 Å². The Balaban J connectivity index is 1.58. The summed E-state index contributed by atoms with van der Waals surface area (Å²) in [5, 5.41) is 2.69. The molecule has 0 saturated carbocycles. The van der Waals surface area contributed by atoms with Gasteiger partial charge in [0, 0.05) is 6.20 Å². The summed E-state index contributed by atoms with van der Waals surface area (Å²) in [6.07, 6.45) is 2.06. The summed E-state index contributed by atoms with van der Waals surface area (Å²) in [5.74, 6) is 0.973. The van der Waals surface area contributed by atoms with Crippen LogP contribution in [-0.2, 0) is 0 Å². The predicted molar refractivity (Wildman–Crippen MR) is 73.5 cm³/mol. The second kappa shape index (κ2) is 5.66. The third kappa shape index (κ3) is 3.02. The summed E-state index contributed by atoms with van der Waals surface area (Å²) in [5.41, 5.74) is -0.209. The van der Waals surface area contributed by atoms with Crippen molar-refractivity contribution in [1.29, 1.82) is 0 Å². The molecule has 1 unspecified atom stereocenters. The second-order valence-corrected chi connectivity index (χ2v) is 4.50. The predicted octanol–water partition coefficient (Wildman–Crippen LogP) is 0.340. The summed E-state index contributed by atoms with van der Waals surface area (Å²) in [6, 6.07) is 7.36. The molecule has 0 radical (unpaired) electrons. The first-order valence-corrected chi connectivity index (χ1v) is 6.44. The maximum atomic E-state index is 11.9. The molecule has 1 amide bonds. The maximum absolute atomic E-state index is 11.9. The molecule has 108 valence electrons. The molecule has 3 rings (SSSR count). The number of nitrogens with one attached hydrogen (secondary N) is 2. The molecule has 1 aromatic heterocycles. The second-order valence-electron chi connectivity index (χ2n) is 4.50. The smallest absolute Gasteiger partial charge is 0.271 e. The van der Waals surface area contributed by atoms with Crippen LogP contribution in [0.15, 0.2) is 41.5 Å². The van der Waals surface area contributed by atoms with Gasteiger partial charge >= 0.3 is 0 Å². The standard InChI is InChI=1S/C14H13N3O4/c18-13-7-15-10(6-16-13)14(19)17-5-9-8-20-11-3-1-2-4-12(11)21-9/h1-4,6-7,9H,5,8H2,(H,16,18)(H,17,19). The van der Waals surface area contributed by atoms with E-state index in [1.54, 1.807) is 0 Å². The highest BCUT2D eigenvalue weighted by Crippen LogP contribution is 2.30. The van der Waals surface area contributed by atoms with E-state index in [2.05, 4.69) is 15.3 Å². The molecule has 1 aliphatic rings. The number of benzene rings is 1. The molecule has 0 bridgehead atoms. The normalized spacial score (nSPS) is 16.3. The summed E-state index contributed by atoms with van der Waals surface area (Å²) in [7, 11) is 0. The van der Waals surface area contributed by atoms with Gasteiger partial charge in [-0.3, -0.25) is 9.59 Å². The largest absolute Gasteiger partial charge is 0.486 e. The van der Waals surface area contributed by atoms with Crippen molar-refractivity contribution in [3.63, 3.8) is 0 Å². The van der Waals surface area contributed by atoms with Crippen LogP contribution in [-0.4, -0.2) is 35.1 Å². The zero-order valence-electron chi connectivity index (χ0n) is 11.0. The zero-order valence-corrected chi connectivity index (χ0v) is 11.0. The van der Waals surface area contributed by atoms with Crippen molar-refractivity contribution in [2.45, 2.75) is 6.10 Å². The average molecular weight is 287 g/mol. The average Bonchev–Trinajstić information content (AvgIpc) is 2.53. The minimum atomic E-state index is -0.381. The van der Waals surface area contributed by atoms with E-state index in [0.29, 0.717) is 18.1 Å². The molecule has 2 aromatic rings. The molecule has 1 aliphatic heterocycles. The third-order valence-electron chi connectivity index (χ3n) is 2.96. The number of fused-ring (bicyclic) bond motifs is 1. The molecular weight excluding hydrogens is 274 g/mol. The lowest BCUT2D eigenvalue weighted by Crippen LogP contribution is -2.41. The van der Waals surface area contributed by atoms with Gasteiger partial charge in [0.2, 0.25) is 0 Å². The Hall–Kier alpha value is -2.83. The molecule has 1 aromatic carbocycles. The molecule has 0 spiro atoms. The molecule has 2 N–H and O–H groups in total. The minimum Gasteiger partial charge on any atom is -0.486 e. The first-order chi connectivity index (χ1) is 10.2. The van der Waals surface area contributed by atoms with Crippen LogP contribution < -0.4 is 20.3 Å². The Bertz CT molecular complexity index is 693. The molecule has 2 heterocycles. The highest BCUT2D eigenvalue weighted by molar-refractivity contribution is 5.91. The van der Waals surface area contributed by atoms with E-state index in [9.17, 15) is 9.59 Å². The molecule has 1 atom stereocenters. The number of nitrogens with zero attached hydrogens (tertiary/aromatic N) is 1. The van der Waals surface area contributed by atoms with Crippen LogP contribution in [0.3, 0.4) is 0 Å². The topological polar surface area (TPSA) is 93.3 Å². The molecule has 0 fully saturated rings. The first-order valence-electron chi connectivity index (χ1n) is 6.44. The van der Waals surface area contributed by atoms with Gasteiger partial charge in [0.05, 0.1) is 12.7 Å². The van der Waals surface area contributed by atoms with Gasteiger partial charge in [-0.1, -0.05) is 12.1 Å². The van der Waals surface area contributed by atoms with Crippen molar-refractivity contribution < 1.29 is 14.3 Å². The summed E-state index contributed by atoms with van der Waals surface area (Å²) >= 11 is 0. The number of aromatic amines is 1. The van der Waals surface area contributed by atoms with Gasteiger partial charge < -0.3 is 19.8 Å². The molecule has 7 heteroatoms. The number of carbonyl (C=O) groups is 1. The number of carbonyl (C=O) groups excluding carboxylic acids is 1. The number of ether oxygens (including phenoxy) is 2. The summed E-state index contributed by atoms with van der Waals surface area (Å²) < 4.78 is 11.3. The van der Waals surface area contributed by atoms with E-state index in [1.165, 1.54) is 6.20 Å². The lowest BCUT2D eigenvalue weighted by molar-refractivity contribution is 0.0786. The van der Waals surface area contributed by atoms with Crippen LogP contribution in [0, 0.1) is 0 Å². The van der Waals surface area contributed by atoms with E-state index < -0.39 is 0 Å². The fourth-order valence-corrected chi connectivity index (χ4v) is 1.93. The van der Waals surface area contributed by atoms with E-state index in [4.69, 9.17) is 9.47 Å². The third-order valence-corrected chi connectivity index (χ3v) is 2.96. The Morgan fingerprint density at radius 2 is 2.19 bits per heavy atom. The van der Waals surface area contributed by atoms with Crippen LogP contribution in [0.2, 0.25) is 0 Å². The SMILES string of the molecule is O=C(NCC1COc2ccccc2O1)c1c[nH]c(=O)cn1. The summed E-state index contributed by atoms with van der Waals surface area (Å²) in [6.45, 7) is 0.643. The van der Waals surface area contributed by atoms with Crippen molar-refractivity contribution in [2.75, 3.05) is 13.2 Å². The number of para-hydroxylation sites is 2. The molecule has 0 saturated heterocycles. The monoisotopic (exact) mass is 287 g/mol. The number of amides is 1. The Morgan fingerprint density at radius 3 is 2.95 bits per heavy atom. The zero-order chi connectivity index (χ0) is 14.7. The number of rotatable bonds is 3. The van der Waals surface area contributed by atoms with Gasteiger partial charge in [-0.2, -0.15) is 0 Å². The van der Waals surface area contributed by atoms with Gasteiger partial charge in [-0.05, 0) is 12.1 Å². The number of hydrogen-bond acceptors (Lipinski definition) is 5. The van der Waals surface area contributed by atoms with Crippen molar-refractivity contribution >= 4 is 5.91 Å². The number of hydrogen-bond donors (Lipinski definition) is 2.